The van der Waals surface area contributed by atoms with E-state index in [1.807, 2.05) is 79.7 Å². The van der Waals surface area contributed by atoms with Gasteiger partial charge in [0, 0.05) is 33.9 Å². The van der Waals surface area contributed by atoms with Crippen molar-refractivity contribution >= 4 is 55.1 Å². The molecule has 0 fully saturated rings. The molecule has 0 aromatic heterocycles. The first-order valence-electron chi connectivity index (χ1n) is 10.7. The van der Waals surface area contributed by atoms with Crippen molar-refractivity contribution in [3.8, 4) is 0 Å². The standard InChI is InChI=1S/C26H23Br2N3O2/c1-17-5-2-3-8-22(17)29-25(32)13-14-26(33)31-24(19-6-4-7-21(28)15-19)16-23(30-31)18-9-11-20(27)12-10-18/h2-12,15,24H,13-14,16H2,1H3,(H,29,32)/t24-/m1/s1. The maximum Gasteiger partial charge on any atom is 0.243 e. The van der Waals surface area contributed by atoms with Crippen LogP contribution < -0.4 is 5.32 Å². The Kier molecular flexibility index (Phi) is 7.40. The molecule has 2 amide bonds. The quantitative estimate of drug-likeness (QED) is 0.363. The van der Waals surface area contributed by atoms with E-state index in [-0.39, 0.29) is 30.7 Å². The third-order valence-corrected chi connectivity index (χ3v) is 6.58. The van der Waals surface area contributed by atoms with E-state index in [4.69, 9.17) is 0 Å². The van der Waals surface area contributed by atoms with Crippen molar-refractivity contribution in [1.82, 2.24) is 5.01 Å². The van der Waals surface area contributed by atoms with Crippen LogP contribution in [-0.2, 0) is 9.59 Å². The molecule has 5 nitrogen and oxygen atoms in total. The molecule has 7 heteroatoms. The van der Waals surface area contributed by atoms with Gasteiger partial charge >= 0.3 is 0 Å². The van der Waals surface area contributed by atoms with E-state index in [1.54, 1.807) is 5.01 Å². The molecule has 3 aromatic carbocycles. The van der Waals surface area contributed by atoms with Crippen molar-refractivity contribution in [2.45, 2.75) is 32.2 Å². The van der Waals surface area contributed by atoms with Gasteiger partial charge in [-0.05, 0) is 53.9 Å². The molecule has 1 heterocycles. The highest BCUT2D eigenvalue weighted by Crippen LogP contribution is 2.34. The first-order chi connectivity index (χ1) is 15.9. The fourth-order valence-electron chi connectivity index (χ4n) is 3.79. The normalized spacial score (nSPS) is 15.3. The van der Waals surface area contributed by atoms with Gasteiger partial charge in [0.2, 0.25) is 11.8 Å². The minimum atomic E-state index is -0.215. The van der Waals surface area contributed by atoms with Crippen LogP contribution in [-0.4, -0.2) is 22.5 Å². The number of amides is 2. The Bertz CT molecular complexity index is 1210. The number of benzene rings is 3. The van der Waals surface area contributed by atoms with Gasteiger partial charge in [-0.15, -0.1) is 0 Å². The number of hydrogen-bond donors (Lipinski definition) is 1. The number of para-hydroxylation sites is 1. The van der Waals surface area contributed by atoms with Crippen LogP contribution in [0.4, 0.5) is 5.69 Å². The molecule has 4 rings (SSSR count). The van der Waals surface area contributed by atoms with Crippen LogP contribution in [0.3, 0.4) is 0 Å². The molecule has 0 unspecified atom stereocenters. The van der Waals surface area contributed by atoms with Crippen molar-refractivity contribution in [1.29, 1.82) is 0 Å². The molecule has 33 heavy (non-hydrogen) atoms. The van der Waals surface area contributed by atoms with Gasteiger partial charge in [0.15, 0.2) is 0 Å². The number of hydrogen-bond acceptors (Lipinski definition) is 3. The van der Waals surface area contributed by atoms with Crippen LogP contribution in [0.15, 0.2) is 86.8 Å². The molecule has 1 atom stereocenters. The molecule has 168 valence electrons. The van der Waals surface area contributed by atoms with Crippen LogP contribution in [0.1, 0.15) is 42.0 Å². The highest BCUT2D eigenvalue weighted by atomic mass is 79.9. The zero-order valence-corrected chi connectivity index (χ0v) is 21.3. The summed E-state index contributed by atoms with van der Waals surface area (Å²) in [6.07, 6.45) is 0.788. The molecule has 0 radical (unpaired) electrons. The van der Waals surface area contributed by atoms with E-state index in [2.05, 4.69) is 42.3 Å². The lowest BCUT2D eigenvalue weighted by Crippen LogP contribution is -2.28. The fraction of sp³-hybridized carbons (Fsp3) is 0.192. The first-order valence-corrected chi connectivity index (χ1v) is 12.3. The van der Waals surface area contributed by atoms with Crippen molar-refractivity contribution in [2.75, 3.05) is 5.32 Å². The summed E-state index contributed by atoms with van der Waals surface area (Å²) in [5, 5.41) is 9.12. The topological polar surface area (TPSA) is 61.8 Å². The molecular weight excluding hydrogens is 546 g/mol. The van der Waals surface area contributed by atoms with E-state index in [0.29, 0.717) is 6.42 Å². The molecule has 0 saturated carbocycles. The zero-order valence-electron chi connectivity index (χ0n) is 18.1. The smallest absolute Gasteiger partial charge is 0.243 e. The number of rotatable bonds is 6. The number of halogens is 2. The highest BCUT2D eigenvalue weighted by molar-refractivity contribution is 9.10. The summed E-state index contributed by atoms with van der Waals surface area (Å²) >= 11 is 6.98. The first kappa shape index (κ1) is 23.4. The number of nitrogens with one attached hydrogen (secondary N) is 1. The zero-order chi connectivity index (χ0) is 23.4. The molecular formula is C26H23Br2N3O2. The van der Waals surface area contributed by atoms with Crippen LogP contribution in [0.2, 0.25) is 0 Å². The number of carbonyl (C=O) groups excluding carboxylic acids is 2. The lowest BCUT2D eigenvalue weighted by Gasteiger charge is -2.22. The number of nitrogens with zero attached hydrogens (tertiary/aromatic N) is 2. The highest BCUT2D eigenvalue weighted by Gasteiger charge is 2.33. The maximum atomic E-state index is 13.2. The maximum absolute atomic E-state index is 13.2. The summed E-state index contributed by atoms with van der Waals surface area (Å²) < 4.78 is 1.93. The van der Waals surface area contributed by atoms with Gasteiger partial charge in [-0.2, -0.15) is 5.10 Å². The summed E-state index contributed by atoms with van der Waals surface area (Å²) in [6, 6.07) is 23.2. The van der Waals surface area contributed by atoms with Gasteiger partial charge in [0.25, 0.3) is 0 Å². The monoisotopic (exact) mass is 567 g/mol. The molecule has 3 aromatic rings. The Morgan fingerprint density at radius 1 is 0.970 bits per heavy atom. The van der Waals surface area contributed by atoms with E-state index in [9.17, 15) is 9.59 Å². The van der Waals surface area contributed by atoms with Gasteiger partial charge in [0.05, 0.1) is 11.8 Å². The third-order valence-electron chi connectivity index (χ3n) is 5.56. The summed E-state index contributed by atoms with van der Waals surface area (Å²) in [6.45, 7) is 1.94. The number of aryl methyl sites for hydroxylation is 1. The van der Waals surface area contributed by atoms with Gasteiger partial charge in [0.1, 0.15) is 0 Å². The fourth-order valence-corrected chi connectivity index (χ4v) is 4.47. The minimum absolute atomic E-state index is 0.0827. The second-order valence-corrected chi connectivity index (χ2v) is 9.76. The largest absolute Gasteiger partial charge is 0.326 e. The van der Waals surface area contributed by atoms with E-state index in [0.717, 1.165) is 37.0 Å². The Morgan fingerprint density at radius 2 is 1.73 bits per heavy atom. The van der Waals surface area contributed by atoms with Gasteiger partial charge in [-0.1, -0.05) is 74.3 Å². The SMILES string of the molecule is Cc1ccccc1NC(=O)CCC(=O)N1N=C(c2ccc(Br)cc2)C[C@@H]1c1cccc(Br)c1. The molecule has 1 aliphatic heterocycles. The summed E-state index contributed by atoms with van der Waals surface area (Å²) in [5.41, 5.74) is 4.57. The summed E-state index contributed by atoms with van der Waals surface area (Å²) in [4.78, 5) is 25.7. The van der Waals surface area contributed by atoms with Gasteiger partial charge in [-0.25, -0.2) is 5.01 Å². The van der Waals surface area contributed by atoms with Gasteiger partial charge in [-0.3, -0.25) is 9.59 Å². The number of carbonyl (C=O) groups is 2. The molecule has 1 N–H and O–H groups in total. The Morgan fingerprint density at radius 3 is 2.45 bits per heavy atom. The van der Waals surface area contributed by atoms with Crippen molar-refractivity contribution in [2.24, 2.45) is 5.10 Å². The van der Waals surface area contributed by atoms with Crippen molar-refractivity contribution in [3.05, 3.63) is 98.4 Å². The van der Waals surface area contributed by atoms with E-state index < -0.39 is 0 Å². The predicted molar refractivity (Wildman–Crippen MR) is 138 cm³/mol. The average Bonchev–Trinajstić information content (AvgIpc) is 3.25. The Hall–Kier alpha value is -2.77. The molecule has 0 bridgehead atoms. The van der Waals surface area contributed by atoms with Crippen molar-refractivity contribution in [3.63, 3.8) is 0 Å². The van der Waals surface area contributed by atoms with E-state index in [1.165, 1.54) is 0 Å². The van der Waals surface area contributed by atoms with Crippen LogP contribution in [0.25, 0.3) is 0 Å². The third kappa shape index (κ3) is 5.78. The number of hydrazone groups is 1. The Balaban J connectivity index is 1.50. The van der Waals surface area contributed by atoms with Crippen molar-refractivity contribution < 1.29 is 9.59 Å². The molecule has 1 aliphatic rings. The lowest BCUT2D eigenvalue weighted by molar-refractivity contribution is -0.134. The summed E-state index contributed by atoms with van der Waals surface area (Å²) in [5.74, 6) is -0.361. The predicted octanol–water partition coefficient (Wildman–Crippen LogP) is 6.62. The lowest BCUT2D eigenvalue weighted by atomic mass is 9.98. The van der Waals surface area contributed by atoms with Crippen LogP contribution in [0.5, 0.6) is 0 Å². The van der Waals surface area contributed by atoms with Gasteiger partial charge < -0.3 is 5.32 Å². The minimum Gasteiger partial charge on any atom is -0.326 e. The van der Waals surface area contributed by atoms with Crippen LogP contribution in [0, 0.1) is 6.92 Å². The molecule has 0 aliphatic carbocycles. The van der Waals surface area contributed by atoms with Crippen LogP contribution >= 0.6 is 31.9 Å². The molecule has 0 saturated heterocycles. The summed E-state index contributed by atoms with van der Waals surface area (Å²) in [7, 11) is 0. The molecule has 0 spiro atoms. The Labute approximate surface area is 210 Å². The average molecular weight is 569 g/mol. The number of anilines is 1. The second kappa shape index (κ2) is 10.4. The van der Waals surface area contributed by atoms with E-state index >= 15 is 0 Å². The second-order valence-electron chi connectivity index (χ2n) is 7.93.